The van der Waals surface area contributed by atoms with Crippen LogP contribution in [0.3, 0.4) is 0 Å². The number of fused-ring (bicyclic) bond motifs is 2. The van der Waals surface area contributed by atoms with E-state index in [-0.39, 0.29) is 12.5 Å². The third kappa shape index (κ3) is 3.85. The SMILES string of the molecule is CC(CCNC(=O)N1CC2CCC1C2)CCC(=O)O. The van der Waals surface area contributed by atoms with Gasteiger partial charge in [-0.1, -0.05) is 6.92 Å². The van der Waals surface area contributed by atoms with E-state index in [1.54, 1.807) is 0 Å². The van der Waals surface area contributed by atoms with Gasteiger partial charge in [0.1, 0.15) is 0 Å². The number of carbonyl (C=O) groups excluding carboxylic acids is 1. The highest BCUT2D eigenvalue weighted by molar-refractivity contribution is 5.75. The molecule has 3 atom stereocenters. The molecule has 0 spiro atoms. The first kappa shape index (κ1) is 14.2. The van der Waals surface area contributed by atoms with Gasteiger partial charge in [-0.15, -0.1) is 0 Å². The van der Waals surface area contributed by atoms with Gasteiger partial charge in [-0.3, -0.25) is 4.79 Å². The van der Waals surface area contributed by atoms with Crippen LogP contribution in [0.2, 0.25) is 0 Å². The number of carboxylic acid groups (broad SMARTS) is 1. The number of likely N-dealkylation sites (tertiary alicyclic amines) is 1. The van der Waals surface area contributed by atoms with Crippen LogP contribution in [-0.2, 0) is 4.79 Å². The van der Waals surface area contributed by atoms with Crippen LogP contribution < -0.4 is 5.32 Å². The Morgan fingerprint density at radius 2 is 2.16 bits per heavy atom. The van der Waals surface area contributed by atoms with Crippen molar-refractivity contribution in [3.05, 3.63) is 0 Å². The summed E-state index contributed by atoms with van der Waals surface area (Å²) in [6, 6.07) is 0.534. The molecule has 108 valence electrons. The number of aliphatic carboxylic acids is 1. The first-order valence-corrected chi connectivity index (χ1v) is 7.32. The lowest BCUT2D eigenvalue weighted by atomic mass is 10.0. The maximum absolute atomic E-state index is 12.0. The number of piperidine rings is 1. The summed E-state index contributed by atoms with van der Waals surface area (Å²) in [6.45, 7) is 3.60. The van der Waals surface area contributed by atoms with Gasteiger partial charge in [0.05, 0.1) is 0 Å². The minimum Gasteiger partial charge on any atom is -0.481 e. The third-order valence-electron chi connectivity index (χ3n) is 4.43. The Labute approximate surface area is 114 Å². The summed E-state index contributed by atoms with van der Waals surface area (Å²) < 4.78 is 0. The van der Waals surface area contributed by atoms with Crippen molar-refractivity contribution in [3.8, 4) is 0 Å². The normalized spacial score (nSPS) is 26.5. The number of carboxylic acids is 1. The molecule has 19 heavy (non-hydrogen) atoms. The molecule has 2 bridgehead atoms. The molecule has 2 aliphatic rings. The molecule has 1 aliphatic carbocycles. The van der Waals surface area contributed by atoms with E-state index in [1.807, 2.05) is 11.8 Å². The van der Waals surface area contributed by atoms with Gasteiger partial charge in [-0.25, -0.2) is 4.79 Å². The second kappa shape index (κ2) is 6.26. The molecule has 1 saturated carbocycles. The third-order valence-corrected chi connectivity index (χ3v) is 4.43. The molecule has 0 aromatic heterocycles. The largest absolute Gasteiger partial charge is 0.481 e. The first-order valence-electron chi connectivity index (χ1n) is 7.32. The van der Waals surface area contributed by atoms with Gasteiger partial charge < -0.3 is 15.3 Å². The standard InChI is InChI=1S/C14H24N2O3/c1-10(2-5-13(17)18)6-7-15-14(19)16-9-11-3-4-12(16)8-11/h10-12H,2-9H2,1H3,(H,15,19)(H,17,18). The van der Waals surface area contributed by atoms with Crippen LogP contribution in [-0.4, -0.2) is 41.1 Å². The summed E-state index contributed by atoms with van der Waals surface area (Å²) in [5.74, 6) is 0.320. The maximum Gasteiger partial charge on any atom is 0.317 e. The molecule has 2 N–H and O–H groups in total. The number of nitrogens with one attached hydrogen (secondary N) is 1. The van der Waals surface area contributed by atoms with Gasteiger partial charge in [0.2, 0.25) is 0 Å². The van der Waals surface area contributed by atoms with Gasteiger partial charge >= 0.3 is 12.0 Å². The van der Waals surface area contributed by atoms with Crippen LogP contribution >= 0.6 is 0 Å². The fraction of sp³-hybridized carbons (Fsp3) is 0.857. The highest BCUT2D eigenvalue weighted by Gasteiger charge is 2.40. The lowest BCUT2D eigenvalue weighted by molar-refractivity contribution is -0.137. The number of carbonyl (C=O) groups is 2. The number of nitrogens with zero attached hydrogens (tertiary/aromatic N) is 1. The Hall–Kier alpha value is -1.26. The van der Waals surface area contributed by atoms with E-state index in [9.17, 15) is 9.59 Å². The van der Waals surface area contributed by atoms with Crippen molar-refractivity contribution in [2.24, 2.45) is 11.8 Å². The number of rotatable bonds is 6. The lowest BCUT2D eigenvalue weighted by Gasteiger charge is -2.27. The molecule has 0 aromatic carbocycles. The number of hydrogen-bond donors (Lipinski definition) is 2. The summed E-state index contributed by atoms with van der Waals surface area (Å²) >= 11 is 0. The smallest absolute Gasteiger partial charge is 0.317 e. The van der Waals surface area contributed by atoms with Crippen LogP contribution in [0.25, 0.3) is 0 Å². The van der Waals surface area contributed by atoms with Crippen LogP contribution in [0.4, 0.5) is 4.79 Å². The van der Waals surface area contributed by atoms with Crippen molar-refractivity contribution >= 4 is 12.0 Å². The number of amides is 2. The Morgan fingerprint density at radius 3 is 2.74 bits per heavy atom. The Bertz CT molecular complexity index is 346. The molecule has 2 rings (SSSR count). The minimum atomic E-state index is -0.746. The molecule has 3 unspecified atom stereocenters. The average molecular weight is 268 g/mol. The zero-order valence-corrected chi connectivity index (χ0v) is 11.6. The molecule has 2 amide bonds. The molecular weight excluding hydrogens is 244 g/mol. The van der Waals surface area contributed by atoms with Crippen molar-refractivity contribution < 1.29 is 14.7 Å². The van der Waals surface area contributed by atoms with Crippen LogP contribution in [0.5, 0.6) is 0 Å². The predicted octanol–water partition coefficient (Wildman–Crippen LogP) is 2.07. The molecule has 1 saturated heterocycles. The fourth-order valence-electron chi connectivity index (χ4n) is 3.21. The van der Waals surface area contributed by atoms with E-state index in [0.29, 0.717) is 24.9 Å². The van der Waals surface area contributed by atoms with Crippen molar-refractivity contribution in [2.45, 2.75) is 51.5 Å². The first-order chi connectivity index (χ1) is 9.06. The highest BCUT2D eigenvalue weighted by Crippen LogP contribution is 2.37. The van der Waals surface area contributed by atoms with Crippen LogP contribution in [0.1, 0.15) is 45.4 Å². The lowest BCUT2D eigenvalue weighted by Crippen LogP contribution is -2.44. The molecule has 5 heteroatoms. The predicted molar refractivity (Wildman–Crippen MR) is 71.9 cm³/mol. The van der Waals surface area contributed by atoms with E-state index in [0.717, 1.165) is 25.3 Å². The average Bonchev–Trinajstić information content (AvgIpc) is 2.98. The topological polar surface area (TPSA) is 69.6 Å². The molecule has 0 radical (unpaired) electrons. The van der Waals surface area contributed by atoms with Crippen molar-refractivity contribution in [1.82, 2.24) is 10.2 Å². The summed E-state index contributed by atoms with van der Waals surface area (Å²) in [7, 11) is 0. The zero-order valence-electron chi connectivity index (χ0n) is 11.6. The second-order valence-electron chi connectivity index (χ2n) is 6.04. The Morgan fingerprint density at radius 1 is 1.37 bits per heavy atom. The summed E-state index contributed by atoms with van der Waals surface area (Å²) in [4.78, 5) is 24.4. The van der Waals surface area contributed by atoms with Crippen molar-refractivity contribution in [3.63, 3.8) is 0 Å². The fourth-order valence-corrected chi connectivity index (χ4v) is 3.21. The molecule has 1 heterocycles. The van der Waals surface area contributed by atoms with E-state index in [1.165, 1.54) is 12.8 Å². The molecule has 2 fully saturated rings. The van der Waals surface area contributed by atoms with Crippen LogP contribution in [0.15, 0.2) is 0 Å². The second-order valence-corrected chi connectivity index (χ2v) is 6.04. The maximum atomic E-state index is 12.0. The van der Waals surface area contributed by atoms with Gasteiger partial charge in [0, 0.05) is 25.6 Å². The van der Waals surface area contributed by atoms with Gasteiger partial charge in [-0.2, -0.15) is 0 Å². The number of hydrogen-bond acceptors (Lipinski definition) is 2. The van der Waals surface area contributed by atoms with Gasteiger partial charge in [0.15, 0.2) is 0 Å². The van der Waals surface area contributed by atoms with E-state index in [2.05, 4.69) is 5.32 Å². The van der Waals surface area contributed by atoms with E-state index >= 15 is 0 Å². The van der Waals surface area contributed by atoms with E-state index < -0.39 is 5.97 Å². The monoisotopic (exact) mass is 268 g/mol. The van der Waals surface area contributed by atoms with Crippen molar-refractivity contribution in [1.29, 1.82) is 0 Å². The minimum absolute atomic E-state index is 0.0673. The van der Waals surface area contributed by atoms with Gasteiger partial charge in [-0.05, 0) is 43.9 Å². The molecular formula is C14H24N2O3. The Kier molecular flexibility index (Phi) is 4.66. The van der Waals surface area contributed by atoms with E-state index in [4.69, 9.17) is 5.11 Å². The van der Waals surface area contributed by atoms with Crippen LogP contribution in [0, 0.1) is 11.8 Å². The van der Waals surface area contributed by atoms with Gasteiger partial charge in [0.25, 0.3) is 0 Å². The molecule has 1 aliphatic heterocycles. The number of urea groups is 1. The summed E-state index contributed by atoms with van der Waals surface area (Å²) in [5.41, 5.74) is 0. The quantitative estimate of drug-likeness (QED) is 0.774. The van der Waals surface area contributed by atoms with Crippen molar-refractivity contribution in [2.75, 3.05) is 13.1 Å². The Balaban J connectivity index is 1.60. The summed E-state index contributed by atoms with van der Waals surface area (Å²) in [5, 5.41) is 11.6. The summed E-state index contributed by atoms with van der Waals surface area (Å²) in [6.07, 6.45) is 5.36. The molecule has 0 aromatic rings. The highest BCUT2D eigenvalue weighted by atomic mass is 16.4. The molecule has 5 nitrogen and oxygen atoms in total. The zero-order chi connectivity index (χ0) is 13.8.